The highest BCUT2D eigenvalue weighted by molar-refractivity contribution is 8.00. The normalized spacial score (nSPS) is 35.4. The van der Waals surface area contributed by atoms with E-state index in [9.17, 15) is 5.11 Å². The molecule has 0 aliphatic carbocycles. The molecule has 4 heteroatoms. The zero-order valence-electron chi connectivity index (χ0n) is 12.1. The number of rotatable bonds is 1. The van der Waals surface area contributed by atoms with E-state index in [1.54, 1.807) is 0 Å². The van der Waals surface area contributed by atoms with E-state index in [-0.39, 0.29) is 5.54 Å². The number of thioether (sulfide) groups is 1. The van der Waals surface area contributed by atoms with Crippen LogP contribution in [0.5, 0.6) is 0 Å². The van der Waals surface area contributed by atoms with Gasteiger partial charge in [0.25, 0.3) is 0 Å². The molecule has 106 valence electrons. The quantitative estimate of drug-likeness (QED) is 0.858. The van der Waals surface area contributed by atoms with E-state index < -0.39 is 5.60 Å². The second-order valence-corrected chi connectivity index (χ2v) is 8.70. The molecule has 2 bridgehead atoms. The van der Waals surface area contributed by atoms with E-state index in [0.717, 1.165) is 18.4 Å². The first kappa shape index (κ1) is 13.5. The predicted octanol–water partition coefficient (Wildman–Crippen LogP) is 3.27. The first-order chi connectivity index (χ1) is 8.87. The summed E-state index contributed by atoms with van der Waals surface area (Å²) in [5.41, 5.74) is 0.345. The third kappa shape index (κ3) is 2.57. The van der Waals surface area contributed by atoms with E-state index in [0.29, 0.717) is 10.5 Å². The van der Waals surface area contributed by atoms with Gasteiger partial charge >= 0.3 is 0 Å². The van der Waals surface area contributed by atoms with Gasteiger partial charge in [0.05, 0.1) is 17.3 Å². The first-order valence-corrected chi connectivity index (χ1v) is 8.25. The molecule has 0 amide bonds. The molecule has 2 aliphatic rings. The topological polar surface area (TPSA) is 38.0 Å². The zero-order valence-corrected chi connectivity index (χ0v) is 12.9. The molecule has 3 rings (SSSR count). The van der Waals surface area contributed by atoms with Crippen molar-refractivity contribution in [2.45, 2.75) is 74.5 Å². The van der Waals surface area contributed by atoms with Gasteiger partial charge in [0.1, 0.15) is 0 Å². The lowest BCUT2D eigenvalue weighted by Gasteiger charge is -2.43. The summed E-state index contributed by atoms with van der Waals surface area (Å²) in [7, 11) is 0. The maximum absolute atomic E-state index is 11.1. The van der Waals surface area contributed by atoms with Crippen LogP contribution in [0.3, 0.4) is 0 Å². The minimum atomic E-state index is -0.648. The van der Waals surface area contributed by atoms with Crippen LogP contribution in [0.1, 0.15) is 58.4 Å². The number of fused-ring (bicyclic) bond motifs is 2. The van der Waals surface area contributed by atoms with Gasteiger partial charge in [-0.1, -0.05) is 6.42 Å². The van der Waals surface area contributed by atoms with Gasteiger partial charge in [0, 0.05) is 22.3 Å². The van der Waals surface area contributed by atoms with Crippen LogP contribution in [-0.2, 0) is 11.1 Å². The molecule has 0 saturated carbocycles. The van der Waals surface area contributed by atoms with Crippen LogP contribution in [0, 0.1) is 0 Å². The Labute approximate surface area is 119 Å². The first-order valence-electron chi connectivity index (χ1n) is 7.30. The third-order valence-electron chi connectivity index (χ3n) is 4.38. The fourth-order valence-electron chi connectivity index (χ4n) is 3.28. The van der Waals surface area contributed by atoms with Crippen molar-refractivity contribution in [3.63, 3.8) is 0 Å². The van der Waals surface area contributed by atoms with Crippen LogP contribution in [0.15, 0.2) is 12.4 Å². The molecular weight excluding hydrogens is 256 g/mol. The van der Waals surface area contributed by atoms with Crippen LogP contribution < -0.4 is 0 Å². The van der Waals surface area contributed by atoms with Gasteiger partial charge in [0.2, 0.25) is 0 Å². The largest absolute Gasteiger partial charge is 0.385 e. The van der Waals surface area contributed by atoms with Crippen molar-refractivity contribution in [2.24, 2.45) is 0 Å². The van der Waals surface area contributed by atoms with E-state index in [1.807, 2.05) is 17.1 Å². The van der Waals surface area contributed by atoms with Crippen LogP contribution in [0.25, 0.3) is 0 Å². The van der Waals surface area contributed by atoms with Crippen molar-refractivity contribution in [1.29, 1.82) is 0 Å². The van der Waals surface area contributed by atoms with Gasteiger partial charge < -0.3 is 5.11 Å². The van der Waals surface area contributed by atoms with Crippen molar-refractivity contribution in [1.82, 2.24) is 9.78 Å². The molecule has 2 fully saturated rings. The van der Waals surface area contributed by atoms with Crippen LogP contribution in [0.4, 0.5) is 0 Å². The average molecular weight is 280 g/mol. The van der Waals surface area contributed by atoms with E-state index in [2.05, 4.69) is 37.6 Å². The Bertz CT molecular complexity index is 451. The highest BCUT2D eigenvalue weighted by Crippen LogP contribution is 2.49. The maximum Gasteiger partial charge on any atom is 0.0947 e. The summed E-state index contributed by atoms with van der Waals surface area (Å²) in [6.07, 6.45) is 9.56. The summed E-state index contributed by atoms with van der Waals surface area (Å²) < 4.78 is 1.97. The Kier molecular flexibility index (Phi) is 3.21. The van der Waals surface area contributed by atoms with Crippen molar-refractivity contribution in [3.8, 4) is 0 Å². The SMILES string of the molecule is CC(C)(C)n1cc(C2(O)CC3CCCC(C2)S3)cn1. The summed E-state index contributed by atoms with van der Waals surface area (Å²) >= 11 is 2.10. The number of hydrogen-bond donors (Lipinski definition) is 1. The lowest BCUT2D eigenvalue weighted by Crippen LogP contribution is -2.40. The Morgan fingerprint density at radius 3 is 2.47 bits per heavy atom. The number of nitrogens with zero attached hydrogens (tertiary/aromatic N) is 2. The Hall–Kier alpha value is -0.480. The predicted molar refractivity (Wildman–Crippen MR) is 79.4 cm³/mol. The number of hydrogen-bond acceptors (Lipinski definition) is 3. The van der Waals surface area contributed by atoms with Gasteiger partial charge in [0.15, 0.2) is 0 Å². The summed E-state index contributed by atoms with van der Waals surface area (Å²) in [5.74, 6) is 0. The molecule has 3 nitrogen and oxygen atoms in total. The summed E-state index contributed by atoms with van der Waals surface area (Å²) in [4.78, 5) is 0. The van der Waals surface area contributed by atoms with E-state index >= 15 is 0 Å². The van der Waals surface area contributed by atoms with E-state index in [4.69, 9.17) is 0 Å². The van der Waals surface area contributed by atoms with Crippen LogP contribution >= 0.6 is 11.8 Å². The van der Waals surface area contributed by atoms with Gasteiger partial charge in [-0.3, -0.25) is 4.68 Å². The number of aliphatic hydroxyl groups is 1. The van der Waals surface area contributed by atoms with Crippen molar-refractivity contribution in [3.05, 3.63) is 18.0 Å². The highest BCUT2D eigenvalue weighted by atomic mass is 32.2. The van der Waals surface area contributed by atoms with Crippen LogP contribution in [-0.4, -0.2) is 25.4 Å². The Morgan fingerprint density at radius 1 is 1.32 bits per heavy atom. The zero-order chi connectivity index (χ0) is 13.7. The maximum atomic E-state index is 11.1. The molecule has 1 aromatic heterocycles. The van der Waals surface area contributed by atoms with Crippen molar-refractivity contribution in [2.75, 3.05) is 0 Å². The van der Waals surface area contributed by atoms with Gasteiger partial charge in [-0.25, -0.2) is 0 Å². The molecule has 1 aromatic rings. The molecular formula is C15H24N2OS. The lowest BCUT2D eigenvalue weighted by atomic mass is 9.82. The minimum absolute atomic E-state index is 0.0199. The van der Waals surface area contributed by atoms with Crippen molar-refractivity contribution < 1.29 is 5.11 Å². The molecule has 0 aromatic carbocycles. The van der Waals surface area contributed by atoms with Gasteiger partial charge in [-0.15, -0.1) is 0 Å². The second kappa shape index (κ2) is 4.52. The summed E-state index contributed by atoms with van der Waals surface area (Å²) in [5, 5.41) is 16.8. The highest BCUT2D eigenvalue weighted by Gasteiger charge is 2.43. The molecule has 19 heavy (non-hydrogen) atoms. The molecule has 2 atom stereocenters. The summed E-state index contributed by atoms with van der Waals surface area (Å²) in [6.45, 7) is 6.41. The second-order valence-electron chi connectivity index (χ2n) is 7.10. The van der Waals surface area contributed by atoms with E-state index in [1.165, 1.54) is 19.3 Å². The average Bonchev–Trinajstić information content (AvgIpc) is 2.77. The molecule has 2 saturated heterocycles. The van der Waals surface area contributed by atoms with Crippen LogP contribution in [0.2, 0.25) is 0 Å². The standard InChI is InChI=1S/C15H24N2OS/c1-14(2,3)17-10-11(9-16-17)15(18)7-12-5-4-6-13(8-15)19-12/h9-10,12-13,18H,4-8H2,1-3H3. The molecule has 3 heterocycles. The van der Waals surface area contributed by atoms with Crippen molar-refractivity contribution >= 4 is 11.8 Å². The fourth-order valence-corrected chi connectivity index (χ4v) is 5.18. The molecule has 0 radical (unpaired) electrons. The Balaban J connectivity index is 1.86. The van der Waals surface area contributed by atoms with Gasteiger partial charge in [-0.2, -0.15) is 16.9 Å². The fraction of sp³-hybridized carbons (Fsp3) is 0.800. The summed E-state index contributed by atoms with van der Waals surface area (Å²) in [6, 6.07) is 0. The monoisotopic (exact) mass is 280 g/mol. The third-order valence-corrected chi connectivity index (χ3v) is 5.95. The Morgan fingerprint density at radius 2 is 1.95 bits per heavy atom. The molecule has 2 aliphatic heterocycles. The molecule has 0 spiro atoms. The smallest absolute Gasteiger partial charge is 0.0947 e. The molecule has 2 unspecified atom stereocenters. The lowest BCUT2D eigenvalue weighted by molar-refractivity contribution is 0.00796. The van der Waals surface area contributed by atoms with Gasteiger partial charge in [-0.05, 0) is 46.5 Å². The molecule has 1 N–H and O–H groups in total. The minimum Gasteiger partial charge on any atom is -0.385 e. The number of aromatic nitrogens is 2.